The molecule has 0 spiro atoms. The minimum Gasteiger partial charge on any atom is -0.383 e. The van der Waals surface area contributed by atoms with E-state index in [1.165, 1.54) is 0 Å². The Labute approximate surface area is 109 Å². The van der Waals surface area contributed by atoms with E-state index < -0.39 is 9.84 Å². The lowest BCUT2D eigenvalue weighted by Gasteiger charge is -2.08. The maximum Gasteiger partial charge on any atom is 0.151 e. The molecule has 0 aliphatic rings. The fourth-order valence-electron chi connectivity index (χ4n) is 1.12. The molecule has 0 unspecified atom stereocenters. The molecule has 0 heterocycles. The van der Waals surface area contributed by atoms with Crippen molar-refractivity contribution in [1.29, 1.82) is 0 Å². The topological polar surface area (TPSA) is 46.2 Å². The van der Waals surface area contributed by atoms with E-state index >= 15 is 0 Å². The highest BCUT2D eigenvalue weighted by Crippen LogP contribution is 2.25. The van der Waals surface area contributed by atoms with E-state index in [4.69, 9.17) is 11.6 Å². The zero-order valence-electron chi connectivity index (χ0n) is 8.83. The van der Waals surface area contributed by atoms with E-state index in [9.17, 15) is 8.42 Å². The molecule has 1 aromatic rings. The molecule has 1 rings (SSSR count). The van der Waals surface area contributed by atoms with Crippen molar-refractivity contribution < 1.29 is 8.42 Å². The summed E-state index contributed by atoms with van der Waals surface area (Å²) in [5.41, 5.74) is 0.804. The first-order valence-corrected chi connectivity index (χ1v) is 7.83. The fourth-order valence-corrected chi connectivity index (χ4v) is 2.38. The third-order valence-corrected chi connectivity index (χ3v) is 4.73. The van der Waals surface area contributed by atoms with Crippen LogP contribution in [0.1, 0.15) is 6.92 Å². The summed E-state index contributed by atoms with van der Waals surface area (Å²) in [5.74, 6) is 0.299. The largest absolute Gasteiger partial charge is 0.383 e. The van der Waals surface area contributed by atoms with Crippen molar-refractivity contribution in [3.05, 3.63) is 27.7 Å². The van der Waals surface area contributed by atoms with Gasteiger partial charge in [-0.2, -0.15) is 0 Å². The Morgan fingerprint density at radius 3 is 2.75 bits per heavy atom. The molecule has 1 N–H and O–H groups in total. The van der Waals surface area contributed by atoms with Gasteiger partial charge in [0, 0.05) is 27.5 Å². The van der Waals surface area contributed by atoms with Gasteiger partial charge < -0.3 is 5.32 Å². The zero-order valence-corrected chi connectivity index (χ0v) is 12.0. The van der Waals surface area contributed by atoms with Crippen LogP contribution in [-0.4, -0.2) is 26.5 Å². The van der Waals surface area contributed by atoms with E-state index in [1.807, 2.05) is 6.07 Å². The lowest BCUT2D eigenvalue weighted by Crippen LogP contribution is -2.17. The first-order chi connectivity index (χ1) is 7.44. The quantitative estimate of drug-likeness (QED) is 0.905. The SMILES string of the molecule is CCS(=O)(=O)CCNc1cc(Cl)ccc1Br. The van der Waals surface area contributed by atoms with Crippen molar-refractivity contribution in [2.45, 2.75) is 6.92 Å². The minimum atomic E-state index is -2.92. The monoisotopic (exact) mass is 325 g/mol. The van der Waals surface area contributed by atoms with Crippen molar-refractivity contribution in [2.75, 3.05) is 23.4 Å². The molecule has 1 aromatic carbocycles. The van der Waals surface area contributed by atoms with E-state index in [2.05, 4.69) is 21.2 Å². The summed E-state index contributed by atoms with van der Waals surface area (Å²) < 4.78 is 23.4. The Bertz CT molecular complexity index is 462. The van der Waals surface area contributed by atoms with Crippen LogP contribution >= 0.6 is 27.5 Å². The molecule has 90 valence electrons. The second-order valence-electron chi connectivity index (χ2n) is 3.29. The predicted molar refractivity (Wildman–Crippen MR) is 72.0 cm³/mol. The van der Waals surface area contributed by atoms with Crippen LogP contribution in [0.5, 0.6) is 0 Å². The van der Waals surface area contributed by atoms with Crippen LogP contribution in [0.3, 0.4) is 0 Å². The van der Waals surface area contributed by atoms with Crippen molar-refractivity contribution in [3.63, 3.8) is 0 Å². The summed E-state index contributed by atoms with van der Waals surface area (Å²) >= 11 is 9.19. The van der Waals surface area contributed by atoms with E-state index in [-0.39, 0.29) is 11.5 Å². The molecule has 0 amide bonds. The Morgan fingerprint density at radius 1 is 1.44 bits per heavy atom. The average Bonchev–Trinajstić information content (AvgIpc) is 2.23. The Balaban J connectivity index is 2.59. The van der Waals surface area contributed by atoms with E-state index in [1.54, 1.807) is 19.1 Å². The Hall–Kier alpha value is -0.260. The summed E-state index contributed by atoms with van der Waals surface area (Å²) in [7, 11) is -2.92. The van der Waals surface area contributed by atoms with Gasteiger partial charge in [-0.15, -0.1) is 0 Å². The Kier molecular flexibility index (Phi) is 5.08. The molecule has 0 bridgehead atoms. The molecular formula is C10H13BrClNO2S. The van der Waals surface area contributed by atoms with Crippen molar-refractivity contribution in [3.8, 4) is 0 Å². The minimum absolute atomic E-state index is 0.127. The predicted octanol–water partition coefficient (Wildman–Crippen LogP) is 2.95. The highest BCUT2D eigenvalue weighted by atomic mass is 79.9. The normalized spacial score (nSPS) is 11.4. The van der Waals surface area contributed by atoms with Gasteiger partial charge in [0.1, 0.15) is 0 Å². The summed E-state index contributed by atoms with van der Waals surface area (Å²) in [6.07, 6.45) is 0. The molecule has 16 heavy (non-hydrogen) atoms. The second-order valence-corrected chi connectivity index (χ2v) is 7.05. The third-order valence-electron chi connectivity index (χ3n) is 2.10. The molecule has 0 atom stereocenters. The van der Waals surface area contributed by atoms with Crippen LogP contribution in [-0.2, 0) is 9.84 Å². The molecular weight excluding hydrogens is 314 g/mol. The number of anilines is 1. The van der Waals surface area contributed by atoms with Crippen LogP contribution in [0.25, 0.3) is 0 Å². The van der Waals surface area contributed by atoms with Gasteiger partial charge in [0.2, 0.25) is 0 Å². The second kappa shape index (κ2) is 5.89. The summed E-state index contributed by atoms with van der Waals surface area (Å²) in [6.45, 7) is 2.03. The number of nitrogens with one attached hydrogen (secondary N) is 1. The molecule has 0 radical (unpaired) electrons. The molecule has 6 heteroatoms. The van der Waals surface area contributed by atoms with Gasteiger partial charge in [0.15, 0.2) is 9.84 Å². The standard InChI is InChI=1S/C10H13BrClNO2S/c1-2-16(14,15)6-5-13-10-7-8(12)3-4-9(10)11/h3-4,7,13H,2,5-6H2,1H3. The van der Waals surface area contributed by atoms with Crippen molar-refractivity contribution >= 4 is 43.1 Å². The molecule has 0 aliphatic carbocycles. The Morgan fingerprint density at radius 2 is 2.12 bits per heavy atom. The summed E-state index contributed by atoms with van der Waals surface area (Å²) in [6, 6.07) is 5.34. The highest BCUT2D eigenvalue weighted by Gasteiger charge is 2.07. The number of sulfone groups is 1. The lowest BCUT2D eigenvalue weighted by molar-refractivity contribution is 0.597. The number of halogens is 2. The smallest absolute Gasteiger partial charge is 0.151 e. The van der Waals surface area contributed by atoms with Crippen LogP contribution < -0.4 is 5.32 Å². The fraction of sp³-hybridized carbons (Fsp3) is 0.400. The van der Waals surface area contributed by atoms with Gasteiger partial charge in [-0.25, -0.2) is 8.42 Å². The molecule has 0 aliphatic heterocycles. The maximum absolute atomic E-state index is 11.3. The van der Waals surface area contributed by atoms with Crippen LogP contribution in [0.15, 0.2) is 22.7 Å². The molecule has 0 saturated carbocycles. The number of hydrogen-bond acceptors (Lipinski definition) is 3. The summed E-state index contributed by atoms with van der Waals surface area (Å²) in [4.78, 5) is 0. The van der Waals surface area contributed by atoms with E-state index in [0.29, 0.717) is 11.6 Å². The molecule has 3 nitrogen and oxygen atoms in total. The highest BCUT2D eigenvalue weighted by molar-refractivity contribution is 9.10. The van der Waals surface area contributed by atoms with Crippen LogP contribution in [0.4, 0.5) is 5.69 Å². The first kappa shape index (κ1) is 13.8. The van der Waals surface area contributed by atoms with Crippen LogP contribution in [0, 0.1) is 0 Å². The van der Waals surface area contributed by atoms with Gasteiger partial charge in [0.05, 0.1) is 5.75 Å². The van der Waals surface area contributed by atoms with Gasteiger partial charge in [-0.3, -0.25) is 0 Å². The van der Waals surface area contributed by atoms with Gasteiger partial charge >= 0.3 is 0 Å². The third kappa shape index (κ3) is 4.31. The molecule has 0 saturated heterocycles. The van der Waals surface area contributed by atoms with Crippen LogP contribution in [0.2, 0.25) is 5.02 Å². The van der Waals surface area contributed by atoms with Crippen molar-refractivity contribution in [2.24, 2.45) is 0 Å². The lowest BCUT2D eigenvalue weighted by atomic mass is 10.3. The van der Waals surface area contributed by atoms with Crippen molar-refractivity contribution in [1.82, 2.24) is 0 Å². The molecule has 0 aromatic heterocycles. The first-order valence-electron chi connectivity index (χ1n) is 4.84. The number of rotatable bonds is 5. The summed E-state index contributed by atoms with van der Waals surface area (Å²) in [5, 5.41) is 3.65. The van der Waals surface area contributed by atoms with Gasteiger partial charge in [-0.1, -0.05) is 18.5 Å². The van der Waals surface area contributed by atoms with E-state index in [0.717, 1.165) is 10.2 Å². The zero-order chi connectivity index (χ0) is 12.2. The number of benzene rings is 1. The van der Waals surface area contributed by atoms with Gasteiger partial charge in [-0.05, 0) is 34.1 Å². The maximum atomic E-state index is 11.3. The van der Waals surface area contributed by atoms with Gasteiger partial charge in [0.25, 0.3) is 0 Å². The number of hydrogen-bond donors (Lipinski definition) is 1. The molecule has 0 fully saturated rings. The average molecular weight is 327 g/mol.